The van der Waals surface area contributed by atoms with Crippen LogP contribution in [0.25, 0.3) is 10.2 Å². The summed E-state index contributed by atoms with van der Waals surface area (Å²) < 4.78 is 6.37. The van der Waals surface area contributed by atoms with Crippen molar-refractivity contribution in [3.8, 4) is 0 Å². The van der Waals surface area contributed by atoms with Gasteiger partial charge in [-0.1, -0.05) is 42.5 Å². The Labute approximate surface area is 202 Å². The summed E-state index contributed by atoms with van der Waals surface area (Å²) in [5.74, 6) is 0.253. The van der Waals surface area contributed by atoms with Crippen molar-refractivity contribution in [3.63, 3.8) is 0 Å². The number of rotatable bonds is 6. The zero-order valence-corrected chi connectivity index (χ0v) is 19.9. The Balaban J connectivity index is 1.31. The monoisotopic (exact) mass is 473 g/mol. The number of likely N-dealkylation sites (tertiary alicyclic amines) is 1. The lowest BCUT2D eigenvalue weighted by Gasteiger charge is -2.35. The van der Waals surface area contributed by atoms with Gasteiger partial charge in [-0.15, -0.1) is 11.3 Å². The highest BCUT2D eigenvalue weighted by molar-refractivity contribution is 7.18. The summed E-state index contributed by atoms with van der Waals surface area (Å²) in [4.78, 5) is 32.9. The zero-order chi connectivity index (χ0) is 23.5. The molecule has 1 N–H and O–H groups in total. The van der Waals surface area contributed by atoms with E-state index in [1.807, 2.05) is 55.5 Å². The van der Waals surface area contributed by atoms with Gasteiger partial charge in [-0.25, -0.2) is 4.98 Å². The fourth-order valence-corrected chi connectivity index (χ4v) is 5.67. The predicted octanol–water partition coefficient (Wildman–Crippen LogP) is 4.81. The number of carbonyl (C=O) groups excluding carboxylic acids is 2. The molecule has 1 aliphatic heterocycles. The molecule has 34 heavy (non-hydrogen) atoms. The number of carbonyl (C=O) groups is 2. The van der Waals surface area contributed by atoms with E-state index < -0.39 is 5.41 Å². The molecule has 1 aliphatic rings. The van der Waals surface area contributed by atoms with Crippen LogP contribution < -0.4 is 5.32 Å². The van der Waals surface area contributed by atoms with Gasteiger partial charge in [0.15, 0.2) is 5.76 Å². The van der Waals surface area contributed by atoms with E-state index >= 15 is 0 Å². The van der Waals surface area contributed by atoms with E-state index in [-0.39, 0.29) is 17.9 Å². The summed E-state index contributed by atoms with van der Waals surface area (Å²) in [6.45, 7) is 3.17. The zero-order valence-electron chi connectivity index (χ0n) is 19.1. The van der Waals surface area contributed by atoms with Crippen molar-refractivity contribution in [2.24, 2.45) is 0 Å². The molecular formula is C27H27N3O3S. The van der Waals surface area contributed by atoms with Gasteiger partial charge in [-0.3, -0.25) is 9.59 Å². The second-order valence-electron chi connectivity index (χ2n) is 8.97. The lowest BCUT2D eigenvalue weighted by molar-refractivity contribution is -0.127. The van der Waals surface area contributed by atoms with Crippen LogP contribution in [0, 0.1) is 0 Å². The minimum atomic E-state index is -0.754. The number of nitrogens with one attached hydrogen (secondary N) is 1. The molecular weight excluding hydrogens is 446 g/mol. The molecule has 174 valence electrons. The molecule has 5 rings (SSSR count). The van der Waals surface area contributed by atoms with Crippen molar-refractivity contribution in [2.45, 2.75) is 37.6 Å². The number of thiazole rings is 1. The molecule has 4 aromatic rings. The molecule has 0 radical (unpaired) electrons. The molecule has 2 aromatic heterocycles. The van der Waals surface area contributed by atoms with Crippen LogP contribution >= 0.6 is 11.3 Å². The highest BCUT2D eigenvalue weighted by atomic mass is 32.1. The molecule has 6 nitrogen and oxygen atoms in total. The molecule has 1 unspecified atom stereocenters. The van der Waals surface area contributed by atoms with Gasteiger partial charge in [0.2, 0.25) is 5.91 Å². The number of piperidine rings is 1. The van der Waals surface area contributed by atoms with Crippen molar-refractivity contribution < 1.29 is 14.0 Å². The SMILES string of the molecule is CC(Cc1nc2ccccc2s1)(C(=O)NC1CCN(C(=O)c2ccco2)CC1)c1ccccc1. The molecule has 1 saturated heterocycles. The highest BCUT2D eigenvalue weighted by Gasteiger charge is 2.38. The second-order valence-corrected chi connectivity index (χ2v) is 10.1. The first-order valence-electron chi connectivity index (χ1n) is 11.6. The van der Waals surface area contributed by atoms with Crippen LogP contribution in [0.2, 0.25) is 0 Å². The summed E-state index contributed by atoms with van der Waals surface area (Å²) in [6.07, 6.45) is 3.46. The number of hydrogen-bond acceptors (Lipinski definition) is 5. The summed E-state index contributed by atoms with van der Waals surface area (Å²) >= 11 is 1.64. The molecule has 3 heterocycles. The third-order valence-electron chi connectivity index (χ3n) is 6.60. The van der Waals surface area contributed by atoms with E-state index in [1.165, 1.54) is 6.26 Å². The minimum Gasteiger partial charge on any atom is -0.459 e. The normalized spacial score (nSPS) is 16.3. The van der Waals surface area contributed by atoms with E-state index in [4.69, 9.17) is 9.40 Å². The smallest absolute Gasteiger partial charge is 0.289 e. The molecule has 0 spiro atoms. The van der Waals surface area contributed by atoms with Gasteiger partial charge in [0, 0.05) is 25.6 Å². The van der Waals surface area contributed by atoms with Gasteiger partial charge in [-0.2, -0.15) is 0 Å². The maximum absolute atomic E-state index is 13.7. The first-order chi connectivity index (χ1) is 16.5. The molecule has 7 heteroatoms. The summed E-state index contributed by atoms with van der Waals surface area (Å²) in [6, 6.07) is 21.4. The largest absolute Gasteiger partial charge is 0.459 e. The van der Waals surface area contributed by atoms with Gasteiger partial charge < -0.3 is 14.6 Å². The molecule has 2 aromatic carbocycles. The highest BCUT2D eigenvalue weighted by Crippen LogP contribution is 2.32. The average molecular weight is 474 g/mol. The van der Waals surface area contributed by atoms with E-state index in [0.717, 1.165) is 20.8 Å². The number of para-hydroxylation sites is 1. The number of aromatic nitrogens is 1. The van der Waals surface area contributed by atoms with Gasteiger partial charge in [0.25, 0.3) is 5.91 Å². The van der Waals surface area contributed by atoms with Crippen molar-refractivity contribution in [2.75, 3.05) is 13.1 Å². The van der Waals surface area contributed by atoms with Gasteiger partial charge in [0.1, 0.15) is 0 Å². The topological polar surface area (TPSA) is 75.4 Å². The molecule has 0 saturated carbocycles. The van der Waals surface area contributed by atoms with Crippen molar-refractivity contribution in [1.82, 2.24) is 15.2 Å². The van der Waals surface area contributed by atoms with Crippen molar-refractivity contribution in [3.05, 3.63) is 89.3 Å². The summed E-state index contributed by atoms with van der Waals surface area (Å²) in [5.41, 5.74) is 1.18. The summed E-state index contributed by atoms with van der Waals surface area (Å²) in [7, 11) is 0. The van der Waals surface area contributed by atoms with E-state index in [2.05, 4.69) is 11.4 Å². The number of nitrogens with zero attached hydrogens (tertiary/aromatic N) is 2. The third kappa shape index (κ3) is 4.48. The number of amides is 2. The fraction of sp³-hybridized carbons (Fsp3) is 0.296. The van der Waals surface area contributed by atoms with Crippen molar-refractivity contribution in [1.29, 1.82) is 0 Å². The number of fused-ring (bicyclic) bond motifs is 1. The van der Waals surface area contributed by atoms with Gasteiger partial charge in [0.05, 0.1) is 26.9 Å². The average Bonchev–Trinajstić information content (AvgIpc) is 3.54. The standard InChI is InChI=1S/C27H27N3O3S/c1-27(19-8-3-2-4-9-19,18-24-29-21-10-5-6-12-23(21)34-24)26(32)28-20-13-15-30(16-14-20)25(31)22-11-7-17-33-22/h2-12,17,20H,13-16,18H2,1H3,(H,28,32). The predicted molar refractivity (Wildman–Crippen MR) is 133 cm³/mol. The molecule has 0 bridgehead atoms. The Morgan fingerprint density at radius 2 is 1.79 bits per heavy atom. The van der Waals surface area contributed by atoms with Gasteiger partial charge in [-0.05, 0) is 49.6 Å². The van der Waals surface area contributed by atoms with Crippen LogP contribution in [-0.2, 0) is 16.6 Å². The Hall–Kier alpha value is -3.45. The van der Waals surface area contributed by atoms with Crippen LogP contribution in [0.15, 0.2) is 77.4 Å². The van der Waals surface area contributed by atoms with Crippen LogP contribution in [-0.4, -0.2) is 40.8 Å². The van der Waals surface area contributed by atoms with Crippen LogP contribution in [0.5, 0.6) is 0 Å². The molecule has 2 amide bonds. The van der Waals surface area contributed by atoms with E-state index in [1.54, 1.807) is 28.4 Å². The Morgan fingerprint density at radius 1 is 1.06 bits per heavy atom. The molecule has 1 atom stereocenters. The van der Waals surface area contributed by atoms with Crippen LogP contribution in [0.4, 0.5) is 0 Å². The maximum Gasteiger partial charge on any atom is 0.289 e. The molecule has 0 aliphatic carbocycles. The van der Waals surface area contributed by atoms with Crippen molar-refractivity contribution >= 4 is 33.4 Å². The Kier molecular flexibility index (Phi) is 6.20. The molecule has 1 fully saturated rings. The minimum absolute atomic E-state index is 0.00577. The first-order valence-corrected chi connectivity index (χ1v) is 12.4. The number of furan rings is 1. The lowest BCUT2D eigenvalue weighted by atomic mass is 9.78. The quantitative estimate of drug-likeness (QED) is 0.436. The van der Waals surface area contributed by atoms with Crippen LogP contribution in [0.1, 0.15) is 40.9 Å². The summed E-state index contributed by atoms with van der Waals surface area (Å²) in [5, 5.41) is 4.23. The lowest BCUT2D eigenvalue weighted by Crippen LogP contribution is -2.52. The third-order valence-corrected chi connectivity index (χ3v) is 7.64. The Morgan fingerprint density at radius 3 is 2.50 bits per heavy atom. The second kappa shape index (κ2) is 9.43. The van der Waals surface area contributed by atoms with Crippen LogP contribution in [0.3, 0.4) is 0 Å². The first kappa shape index (κ1) is 22.3. The van der Waals surface area contributed by atoms with E-state index in [0.29, 0.717) is 38.1 Å². The van der Waals surface area contributed by atoms with E-state index in [9.17, 15) is 9.59 Å². The van der Waals surface area contributed by atoms with Gasteiger partial charge >= 0.3 is 0 Å². The number of benzene rings is 2. The fourth-order valence-electron chi connectivity index (χ4n) is 4.55. The number of hydrogen-bond donors (Lipinski definition) is 1. The Bertz CT molecular complexity index is 1240. The maximum atomic E-state index is 13.7.